The fourth-order valence-corrected chi connectivity index (χ4v) is 3.05. The van der Waals surface area contributed by atoms with Gasteiger partial charge >= 0.3 is 5.97 Å². The van der Waals surface area contributed by atoms with Crippen molar-refractivity contribution in [1.82, 2.24) is 4.98 Å². The molecule has 5 nitrogen and oxygen atoms in total. The summed E-state index contributed by atoms with van der Waals surface area (Å²) in [6.45, 7) is 5.76. The first-order valence-corrected chi connectivity index (χ1v) is 7.66. The van der Waals surface area contributed by atoms with Crippen LogP contribution in [0.4, 0.5) is 5.69 Å². The summed E-state index contributed by atoms with van der Waals surface area (Å²) in [7, 11) is 1.50. The van der Waals surface area contributed by atoms with E-state index in [0.717, 1.165) is 15.6 Å². The third kappa shape index (κ3) is 3.77. The Morgan fingerprint density at radius 1 is 1.52 bits per heavy atom. The zero-order valence-electron chi connectivity index (χ0n) is 11.5. The van der Waals surface area contributed by atoms with Gasteiger partial charge in [0.1, 0.15) is 15.8 Å². The summed E-state index contributed by atoms with van der Waals surface area (Å²) in [5.74, 6) is -0.518. The number of aromatic carboxylic acids is 1. The Morgan fingerprint density at radius 2 is 2.29 bits per heavy atom. The second-order valence-corrected chi connectivity index (χ2v) is 5.88. The number of carboxylic acids is 1. The maximum atomic E-state index is 10.9. The third-order valence-corrected chi connectivity index (χ3v) is 4.46. The molecule has 2 rings (SSSR count). The van der Waals surface area contributed by atoms with E-state index in [1.54, 1.807) is 6.07 Å². The van der Waals surface area contributed by atoms with Gasteiger partial charge in [0.25, 0.3) is 0 Å². The number of carboxylic acid groups (broad SMARTS) is 1. The molecule has 0 saturated carbocycles. The minimum absolute atomic E-state index is 0.181. The van der Waals surface area contributed by atoms with E-state index in [-0.39, 0.29) is 5.56 Å². The van der Waals surface area contributed by atoms with Crippen molar-refractivity contribution in [2.75, 3.05) is 11.8 Å². The van der Waals surface area contributed by atoms with Gasteiger partial charge < -0.3 is 14.6 Å². The summed E-state index contributed by atoms with van der Waals surface area (Å²) in [6, 6.07) is 4.67. The monoisotopic (exact) mass is 322 g/mol. The number of nitrogens with zero attached hydrogens (tertiary/aromatic N) is 1. The fraction of sp³-hybridized carbons (Fsp3) is 0.143. The lowest BCUT2D eigenvalue weighted by atomic mass is 10.2. The van der Waals surface area contributed by atoms with Gasteiger partial charge in [-0.05, 0) is 30.7 Å². The van der Waals surface area contributed by atoms with Gasteiger partial charge in [-0.3, -0.25) is 0 Å². The topological polar surface area (TPSA) is 71.5 Å². The van der Waals surface area contributed by atoms with Crippen LogP contribution in [0.5, 0.6) is 5.75 Å². The number of ether oxygens (including phenoxy) is 1. The number of nitrogens with one attached hydrogen (secondary N) is 1. The predicted molar refractivity (Wildman–Crippen MR) is 86.3 cm³/mol. The Hall–Kier alpha value is -1.99. The number of rotatable bonds is 6. The molecule has 1 aromatic heterocycles. The average molecular weight is 322 g/mol. The van der Waals surface area contributed by atoms with Gasteiger partial charge in [-0.15, -0.1) is 11.3 Å². The van der Waals surface area contributed by atoms with Gasteiger partial charge in [0, 0.05) is 17.3 Å². The number of thiazole rings is 1. The molecule has 0 aliphatic heterocycles. The highest BCUT2D eigenvalue weighted by Gasteiger charge is 2.10. The molecule has 0 aliphatic rings. The molecule has 0 saturated heterocycles. The Balaban J connectivity index is 2.11. The number of aromatic nitrogens is 1. The van der Waals surface area contributed by atoms with Crippen molar-refractivity contribution >= 4 is 40.5 Å². The van der Waals surface area contributed by atoms with E-state index in [1.807, 2.05) is 12.3 Å². The number of hydrogen-bond donors (Lipinski definition) is 2. The quantitative estimate of drug-likeness (QED) is 0.783. The number of methoxy groups -OCH3 is 1. The minimum atomic E-state index is -0.988. The van der Waals surface area contributed by atoms with Crippen LogP contribution in [-0.2, 0) is 0 Å². The highest BCUT2D eigenvalue weighted by atomic mass is 32.2. The molecule has 21 heavy (non-hydrogen) atoms. The summed E-state index contributed by atoms with van der Waals surface area (Å²) < 4.78 is 8.31. The highest BCUT2D eigenvalue weighted by molar-refractivity contribution is 8.00. The van der Waals surface area contributed by atoms with Gasteiger partial charge in [0.15, 0.2) is 0 Å². The van der Waals surface area contributed by atoms with Crippen molar-refractivity contribution in [1.29, 1.82) is 0 Å². The van der Waals surface area contributed by atoms with Crippen LogP contribution in [0.3, 0.4) is 0 Å². The van der Waals surface area contributed by atoms with Crippen molar-refractivity contribution < 1.29 is 14.6 Å². The second-order valence-electron chi connectivity index (χ2n) is 4.20. The smallest absolute Gasteiger partial charge is 0.335 e. The molecule has 0 spiro atoms. The normalized spacial score (nSPS) is 10.2. The Bertz CT molecular complexity index is 683. The van der Waals surface area contributed by atoms with E-state index >= 15 is 0 Å². The standard InChI is InChI=1S/C14H14N2O3S2/c1-8(2)13-15-12(7-20-13)21-16-10-5-4-9(14(17)18)6-11(10)19-3/h4-7,16H,1H2,2-3H3,(H,17,18). The molecule has 1 aromatic carbocycles. The molecule has 2 aromatic rings. The molecule has 0 unspecified atom stereocenters. The van der Waals surface area contributed by atoms with Crippen molar-refractivity contribution in [3.05, 3.63) is 40.7 Å². The van der Waals surface area contributed by atoms with Crippen molar-refractivity contribution in [2.45, 2.75) is 11.9 Å². The van der Waals surface area contributed by atoms with E-state index in [0.29, 0.717) is 11.4 Å². The summed E-state index contributed by atoms with van der Waals surface area (Å²) in [6.07, 6.45) is 0. The highest BCUT2D eigenvalue weighted by Crippen LogP contribution is 2.31. The van der Waals surface area contributed by atoms with Crippen LogP contribution in [0.25, 0.3) is 5.57 Å². The molecular formula is C14H14N2O3S2. The van der Waals surface area contributed by atoms with Crippen molar-refractivity contribution in [2.24, 2.45) is 0 Å². The van der Waals surface area contributed by atoms with Gasteiger partial charge in [-0.1, -0.05) is 6.58 Å². The largest absolute Gasteiger partial charge is 0.495 e. The SMILES string of the molecule is C=C(C)c1nc(SNc2ccc(C(=O)O)cc2OC)cs1. The number of hydrogen-bond acceptors (Lipinski definition) is 6. The number of benzene rings is 1. The first-order chi connectivity index (χ1) is 10.0. The molecule has 2 N–H and O–H groups in total. The molecule has 7 heteroatoms. The summed E-state index contributed by atoms with van der Waals surface area (Å²) in [4.78, 5) is 15.3. The van der Waals surface area contributed by atoms with Crippen LogP contribution in [0.2, 0.25) is 0 Å². The fourth-order valence-electron chi connectivity index (χ4n) is 1.52. The molecule has 0 bridgehead atoms. The average Bonchev–Trinajstić information content (AvgIpc) is 2.93. The van der Waals surface area contributed by atoms with Crippen LogP contribution in [0.15, 0.2) is 35.2 Å². The first kappa shape index (κ1) is 15.4. The van der Waals surface area contributed by atoms with Crippen LogP contribution in [0.1, 0.15) is 22.3 Å². The maximum absolute atomic E-state index is 10.9. The minimum Gasteiger partial charge on any atom is -0.495 e. The molecule has 0 atom stereocenters. The van der Waals surface area contributed by atoms with E-state index in [4.69, 9.17) is 9.84 Å². The lowest BCUT2D eigenvalue weighted by molar-refractivity contribution is 0.0696. The van der Waals surface area contributed by atoms with E-state index < -0.39 is 5.97 Å². The van der Waals surface area contributed by atoms with Gasteiger partial charge in [-0.2, -0.15) is 0 Å². The second kappa shape index (κ2) is 6.64. The van der Waals surface area contributed by atoms with Gasteiger partial charge in [-0.25, -0.2) is 9.78 Å². The molecular weight excluding hydrogens is 308 g/mol. The van der Waals surface area contributed by atoms with Crippen LogP contribution in [0, 0.1) is 0 Å². The lowest BCUT2D eigenvalue weighted by Crippen LogP contribution is -1.99. The van der Waals surface area contributed by atoms with Gasteiger partial charge in [0.05, 0.1) is 18.4 Å². The third-order valence-electron chi connectivity index (χ3n) is 2.56. The van der Waals surface area contributed by atoms with E-state index in [1.165, 1.54) is 42.5 Å². The Kier molecular flexibility index (Phi) is 4.87. The van der Waals surface area contributed by atoms with Crippen LogP contribution in [-0.4, -0.2) is 23.2 Å². The first-order valence-electron chi connectivity index (χ1n) is 5.97. The van der Waals surface area contributed by atoms with Crippen LogP contribution < -0.4 is 9.46 Å². The molecule has 1 heterocycles. The summed E-state index contributed by atoms with van der Waals surface area (Å²) >= 11 is 2.86. The van der Waals surface area contributed by atoms with E-state index in [2.05, 4.69) is 16.3 Å². The number of anilines is 1. The van der Waals surface area contributed by atoms with E-state index in [9.17, 15) is 4.79 Å². The summed E-state index contributed by atoms with van der Waals surface area (Å²) in [5, 5.41) is 12.6. The molecule has 0 amide bonds. The predicted octanol–water partition coefficient (Wildman–Crippen LogP) is 4.00. The van der Waals surface area contributed by atoms with Gasteiger partial charge in [0.2, 0.25) is 0 Å². The molecule has 110 valence electrons. The molecule has 0 radical (unpaired) electrons. The Labute approximate surface area is 130 Å². The Morgan fingerprint density at radius 3 is 2.86 bits per heavy atom. The molecule has 0 aliphatic carbocycles. The number of allylic oxidation sites excluding steroid dienone is 1. The number of carbonyl (C=O) groups is 1. The van der Waals surface area contributed by atoms with Crippen molar-refractivity contribution in [3.63, 3.8) is 0 Å². The molecule has 0 fully saturated rings. The maximum Gasteiger partial charge on any atom is 0.335 e. The zero-order chi connectivity index (χ0) is 15.4. The zero-order valence-corrected chi connectivity index (χ0v) is 13.2. The van der Waals surface area contributed by atoms with Crippen LogP contribution >= 0.6 is 23.3 Å². The lowest BCUT2D eigenvalue weighted by Gasteiger charge is -2.10. The van der Waals surface area contributed by atoms with Crippen molar-refractivity contribution in [3.8, 4) is 5.75 Å². The summed E-state index contributed by atoms with van der Waals surface area (Å²) in [5.41, 5.74) is 1.80.